The summed E-state index contributed by atoms with van der Waals surface area (Å²) in [5.74, 6) is 0.187. The predicted molar refractivity (Wildman–Crippen MR) is 112 cm³/mol. The zero-order chi connectivity index (χ0) is 21.7. The number of phenolic OH excluding ortho intramolecular Hbond substituents is 1. The van der Waals surface area contributed by atoms with Crippen LogP contribution in [0.2, 0.25) is 0 Å². The van der Waals surface area contributed by atoms with Crippen LogP contribution in [0.5, 0.6) is 5.75 Å². The quantitative estimate of drug-likeness (QED) is 0.440. The molecule has 0 unspecified atom stereocenters. The van der Waals surface area contributed by atoms with Crippen LogP contribution in [0, 0.1) is 0 Å². The number of anilines is 1. The molecule has 30 heavy (non-hydrogen) atoms. The van der Waals surface area contributed by atoms with E-state index in [9.17, 15) is 14.7 Å². The summed E-state index contributed by atoms with van der Waals surface area (Å²) < 4.78 is 10.4. The molecule has 0 saturated heterocycles. The number of methoxy groups -OCH3 is 1. The maximum absolute atomic E-state index is 12.3. The summed E-state index contributed by atoms with van der Waals surface area (Å²) in [4.78, 5) is 28.1. The number of aromatic nitrogens is 1. The minimum Gasteiger partial charge on any atom is -0.505 e. The molecule has 1 aromatic heterocycles. The molecule has 7 nitrogen and oxygen atoms in total. The van der Waals surface area contributed by atoms with Crippen molar-refractivity contribution in [2.75, 3.05) is 12.4 Å². The molecule has 0 aliphatic carbocycles. The SMILES string of the molecule is COC(=O)c1cccc(NC(=O)CCc2ncc(-c3ccc(C(C)C)cc3)o2)c1O. The second kappa shape index (κ2) is 9.26. The van der Waals surface area contributed by atoms with Gasteiger partial charge in [-0.3, -0.25) is 4.79 Å². The largest absolute Gasteiger partial charge is 0.505 e. The van der Waals surface area contributed by atoms with Crippen molar-refractivity contribution in [3.63, 3.8) is 0 Å². The number of aryl methyl sites for hydroxylation is 1. The first-order valence-corrected chi connectivity index (χ1v) is 9.64. The molecular weight excluding hydrogens is 384 g/mol. The van der Waals surface area contributed by atoms with Crippen molar-refractivity contribution in [3.05, 3.63) is 65.7 Å². The highest BCUT2D eigenvalue weighted by Crippen LogP contribution is 2.28. The van der Waals surface area contributed by atoms with Crippen molar-refractivity contribution in [2.24, 2.45) is 0 Å². The topological polar surface area (TPSA) is 102 Å². The molecule has 0 atom stereocenters. The third-order valence-electron chi connectivity index (χ3n) is 4.70. The number of benzene rings is 2. The monoisotopic (exact) mass is 408 g/mol. The van der Waals surface area contributed by atoms with Gasteiger partial charge in [-0.1, -0.05) is 44.2 Å². The summed E-state index contributed by atoms with van der Waals surface area (Å²) in [5.41, 5.74) is 2.29. The zero-order valence-electron chi connectivity index (χ0n) is 17.1. The molecule has 0 bridgehead atoms. The molecule has 0 spiro atoms. The Morgan fingerprint density at radius 2 is 1.90 bits per heavy atom. The molecule has 1 amide bonds. The molecule has 3 aromatic rings. The number of nitrogens with zero attached hydrogens (tertiary/aromatic N) is 1. The van der Waals surface area contributed by atoms with E-state index in [1.54, 1.807) is 12.3 Å². The van der Waals surface area contributed by atoms with E-state index < -0.39 is 5.97 Å². The Bertz CT molecular complexity index is 1040. The number of carbonyl (C=O) groups excluding carboxylic acids is 2. The van der Waals surface area contributed by atoms with E-state index in [1.807, 2.05) is 12.1 Å². The van der Waals surface area contributed by atoms with Crippen LogP contribution in [0.25, 0.3) is 11.3 Å². The molecule has 0 aliphatic rings. The summed E-state index contributed by atoms with van der Waals surface area (Å²) >= 11 is 0. The van der Waals surface area contributed by atoms with E-state index in [0.29, 0.717) is 24.0 Å². The number of aromatic hydroxyl groups is 1. The fourth-order valence-electron chi connectivity index (χ4n) is 2.94. The summed E-state index contributed by atoms with van der Waals surface area (Å²) in [6.45, 7) is 4.27. The Morgan fingerprint density at radius 1 is 1.17 bits per heavy atom. The minimum atomic E-state index is -0.683. The smallest absolute Gasteiger partial charge is 0.341 e. The number of carbonyl (C=O) groups is 2. The number of esters is 1. The highest BCUT2D eigenvalue weighted by atomic mass is 16.5. The number of phenols is 1. The van der Waals surface area contributed by atoms with Crippen LogP contribution in [-0.2, 0) is 16.0 Å². The van der Waals surface area contributed by atoms with E-state index in [0.717, 1.165) is 5.56 Å². The lowest BCUT2D eigenvalue weighted by atomic mass is 10.0. The van der Waals surface area contributed by atoms with Gasteiger partial charge >= 0.3 is 5.97 Å². The van der Waals surface area contributed by atoms with Gasteiger partial charge in [-0.2, -0.15) is 0 Å². The van der Waals surface area contributed by atoms with Gasteiger partial charge in [-0.05, 0) is 23.6 Å². The standard InChI is InChI=1S/C23H24N2O5/c1-14(2)15-7-9-16(10-8-15)19-13-24-21(30-19)12-11-20(26)25-18-6-4-5-17(22(18)27)23(28)29-3/h4-10,13-14,27H,11-12H2,1-3H3,(H,25,26). The van der Waals surface area contributed by atoms with Crippen molar-refractivity contribution in [1.82, 2.24) is 4.98 Å². The number of ether oxygens (including phenoxy) is 1. The van der Waals surface area contributed by atoms with E-state index in [-0.39, 0.29) is 29.3 Å². The second-order valence-corrected chi connectivity index (χ2v) is 7.14. The second-order valence-electron chi connectivity index (χ2n) is 7.14. The first-order valence-electron chi connectivity index (χ1n) is 9.64. The lowest BCUT2D eigenvalue weighted by Gasteiger charge is -2.09. The fraction of sp³-hybridized carbons (Fsp3) is 0.261. The lowest BCUT2D eigenvalue weighted by Crippen LogP contribution is -2.13. The number of oxazole rings is 1. The van der Waals surface area contributed by atoms with Gasteiger partial charge in [0.1, 0.15) is 5.56 Å². The molecular formula is C23H24N2O5. The minimum absolute atomic E-state index is 0.0175. The zero-order valence-corrected chi connectivity index (χ0v) is 17.1. The average molecular weight is 408 g/mol. The number of amides is 1. The van der Waals surface area contributed by atoms with Gasteiger partial charge in [0.05, 0.1) is 19.0 Å². The highest BCUT2D eigenvalue weighted by molar-refractivity contribution is 5.98. The van der Waals surface area contributed by atoms with Crippen molar-refractivity contribution in [2.45, 2.75) is 32.6 Å². The molecule has 7 heteroatoms. The summed E-state index contributed by atoms with van der Waals surface area (Å²) in [6, 6.07) is 12.6. The van der Waals surface area contributed by atoms with E-state index in [1.165, 1.54) is 24.8 Å². The van der Waals surface area contributed by atoms with Gasteiger partial charge in [0.15, 0.2) is 17.4 Å². The first kappa shape index (κ1) is 21.1. The summed E-state index contributed by atoms with van der Waals surface area (Å²) in [7, 11) is 1.22. The van der Waals surface area contributed by atoms with E-state index >= 15 is 0 Å². The van der Waals surface area contributed by atoms with Crippen molar-refractivity contribution in [1.29, 1.82) is 0 Å². The number of nitrogens with one attached hydrogen (secondary N) is 1. The van der Waals surface area contributed by atoms with Crippen molar-refractivity contribution < 1.29 is 23.8 Å². The summed E-state index contributed by atoms with van der Waals surface area (Å²) in [6.07, 6.45) is 2.05. The first-order chi connectivity index (χ1) is 14.4. The number of hydrogen-bond donors (Lipinski definition) is 2. The van der Waals surface area contributed by atoms with E-state index in [2.05, 4.69) is 41.0 Å². The van der Waals surface area contributed by atoms with Crippen LogP contribution in [0.4, 0.5) is 5.69 Å². The van der Waals surface area contributed by atoms with Gasteiger partial charge in [0.2, 0.25) is 5.91 Å². The molecule has 156 valence electrons. The molecule has 2 aromatic carbocycles. The molecule has 3 rings (SSSR count). The fourth-order valence-corrected chi connectivity index (χ4v) is 2.94. The Morgan fingerprint density at radius 3 is 2.57 bits per heavy atom. The van der Waals surface area contributed by atoms with Crippen LogP contribution >= 0.6 is 0 Å². The van der Waals surface area contributed by atoms with Crippen LogP contribution in [0.15, 0.2) is 53.1 Å². The number of para-hydroxylation sites is 1. The predicted octanol–water partition coefficient (Wildman–Crippen LogP) is 4.53. The number of hydrogen-bond acceptors (Lipinski definition) is 6. The lowest BCUT2D eigenvalue weighted by molar-refractivity contribution is -0.116. The van der Waals surface area contributed by atoms with Crippen LogP contribution < -0.4 is 5.32 Å². The van der Waals surface area contributed by atoms with Crippen molar-refractivity contribution >= 4 is 17.6 Å². The van der Waals surface area contributed by atoms with Gasteiger partial charge in [0.25, 0.3) is 0 Å². The maximum atomic E-state index is 12.3. The van der Waals surface area contributed by atoms with Gasteiger partial charge in [-0.15, -0.1) is 0 Å². The molecule has 0 saturated carbocycles. The molecule has 2 N–H and O–H groups in total. The molecule has 0 aliphatic heterocycles. The molecule has 0 radical (unpaired) electrons. The normalized spacial score (nSPS) is 10.8. The third kappa shape index (κ3) is 4.86. The third-order valence-corrected chi connectivity index (χ3v) is 4.70. The molecule has 0 fully saturated rings. The number of rotatable bonds is 7. The van der Waals surface area contributed by atoms with Crippen LogP contribution in [0.1, 0.15) is 48.0 Å². The Hall–Kier alpha value is -3.61. The Balaban J connectivity index is 1.60. The Kier molecular flexibility index (Phi) is 6.51. The van der Waals surface area contributed by atoms with Crippen molar-refractivity contribution in [3.8, 4) is 17.1 Å². The highest BCUT2D eigenvalue weighted by Gasteiger charge is 2.16. The van der Waals surface area contributed by atoms with E-state index in [4.69, 9.17) is 4.42 Å². The van der Waals surface area contributed by atoms with Gasteiger partial charge in [0, 0.05) is 18.4 Å². The molecule has 1 heterocycles. The van der Waals surface area contributed by atoms with Gasteiger partial charge < -0.3 is 19.6 Å². The van der Waals surface area contributed by atoms with Crippen LogP contribution in [-0.4, -0.2) is 29.1 Å². The van der Waals surface area contributed by atoms with Crippen LogP contribution in [0.3, 0.4) is 0 Å². The Labute approximate surface area is 174 Å². The maximum Gasteiger partial charge on any atom is 0.341 e. The average Bonchev–Trinajstić information content (AvgIpc) is 3.22. The van der Waals surface area contributed by atoms with Gasteiger partial charge in [-0.25, -0.2) is 9.78 Å². The summed E-state index contributed by atoms with van der Waals surface area (Å²) in [5, 5.41) is 12.8.